The van der Waals surface area contributed by atoms with Gasteiger partial charge < -0.3 is 21.9 Å². The van der Waals surface area contributed by atoms with E-state index in [1.54, 1.807) is 0 Å². The average molecular weight is 276 g/mol. The molecule has 7 heteroatoms. The maximum Gasteiger partial charge on any atom is 0.223 e. The van der Waals surface area contributed by atoms with Crippen LogP contribution in [0.3, 0.4) is 0 Å². The second kappa shape index (κ2) is 6.88. The smallest absolute Gasteiger partial charge is 0.223 e. The Kier molecular flexibility index (Phi) is 4.91. The van der Waals surface area contributed by atoms with Crippen molar-refractivity contribution in [3.05, 3.63) is 29.8 Å². The van der Waals surface area contributed by atoms with Gasteiger partial charge in [-0.3, -0.25) is 4.90 Å². The van der Waals surface area contributed by atoms with Gasteiger partial charge >= 0.3 is 0 Å². The van der Waals surface area contributed by atoms with Gasteiger partial charge in [-0.2, -0.15) is 4.99 Å². The normalized spacial score (nSPS) is 16.9. The lowest BCUT2D eigenvalue weighted by Gasteiger charge is -2.26. The predicted octanol–water partition coefficient (Wildman–Crippen LogP) is -0.262. The Morgan fingerprint density at radius 2 is 1.85 bits per heavy atom. The van der Waals surface area contributed by atoms with Crippen molar-refractivity contribution in [2.75, 3.05) is 26.3 Å². The molecule has 0 bridgehead atoms. The van der Waals surface area contributed by atoms with Crippen molar-refractivity contribution in [1.82, 2.24) is 4.90 Å². The quantitative estimate of drug-likeness (QED) is 0.519. The average Bonchev–Trinajstić information content (AvgIpc) is 2.41. The van der Waals surface area contributed by atoms with Crippen molar-refractivity contribution in [2.45, 2.75) is 6.54 Å². The molecule has 1 fully saturated rings. The minimum Gasteiger partial charge on any atom is -0.379 e. The molecule has 0 atom stereocenters. The van der Waals surface area contributed by atoms with E-state index in [1.165, 1.54) is 0 Å². The van der Waals surface area contributed by atoms with Gasteiger partial charge in [-0.25, -0.2) is 4.99 Å². The van der Waals surface area contributed by atoms with Gasteiger partial charge in [0.1, 0.15) is 0 Å². The van der Waals surface area contributed by atoms with Crippen LogP contribution in [0.15, 0.2) is 34.3 Å². The lowest BCUT2D eigenvalue weighted by Crippen LogP contribution is -2.35. The van der Waals surface area contributed by atoms with Crippen LogP contribution in [0.1, 0.15) is 5.56 Å². The standard InChI is InChI=1S/C13H20N6O/c14-12(15)18-13(16)17-11-4-2-1-3-10(11)9-19-5-7-20-8-6-19/h1-4H,5-9H2,(H6,14,15,16,17,18). The van der Waals surface area contributed by atoms with Gasteiger partial charge in [0, 0.05) is 19.6 Å². The Bertz CT molecular complexity index is 503. The molecule has 0 unspecified atom stereocenters. The Labute approximate surface area is 118 Å². The largest absolute Gasteiger partial charge is 0.379 e. The summed E-state index contributed by atoms with van der Waals surface area (Å²) < 4.78 is 5.34. The van der Waals surface area contributed by atoms with Gasteiger partial charge in [0.25, 0.3) is 0 Å². The molecule has 1 aromatic rings. The molecule has 0 aromatic heterocycles. The molecule has 2 rings (SSSR count). The van der Waals surface area contributed by atoms with Crippen LogP contribution >= 0.6 is 0 Å². The van der Waals surface area contributed by atoms with Crippen LogP contribution in [-0.4, -0.2) is 43.1 Å². The molecular weight excluding hydrogens is 256 g/mol. The fourth-order valence-corrected chi connectivity index (χ4v) is 2.03. The number of hydrogen-bond donors (Lipinski definition) is 3. The summed E-state index contributed by atoms with van der Waals surface area (Å²) in [5.41, 5.74) is 18.1. The zero-order valence-electron chi connectivity index (χ0n) is 11.3. The fourth-order valence-electron chi connectivity index (χ4n) is 2.03. The van der Waals surface area contributed by atoms with E-state index >= 15 is 0 Å². The first kappa shape index (κ1) is 14.3. The van der Waals surface area contributed by atoms with Crippen LogP contribution in [0.5, 0.6) is 0 Å². The van der Waals surface area contributed by atoms with Gasteiger partial charge in [0.2, 0.25) is 5.96 Å². The first-order valence-electron chi connectivity index (χ1n) is 6.47. The summed E-state index contributed by atoms with van der Waals surface area (Å²) in [5.74, 6) is -0.0451. The van der Waals surface area contributed by atoms with Crippen LogP contribution in [0.2, 0.25) is 0 Å². The molecule has 7 nitrogen and oxygen atoms in total. The summed E-state index contributed by atoms with van der Waals surface area (Å²) in [6.45, 7) is 4.17. The van der Waals surface area contributed by atoms with E-state index in [4.69, 9.17) is 21.9 Å². The van der Waals surface area contributed by atoms with Crippen molar-refractivity contribution in [2.24, 2.45) is 27.2 Å². The summed E-state index contributed by atoms with van der Waals surface area (Å²) in [6, 6.07) is 7.80. The SMILES string of the molecule is NC(N)=NC(N)=Nc1ccccc1CN1CCOCC1. The molecule has 1 aliphatic rings. The van der Waals surface area contributed by atoms with E-state index in [1.807, 2.05) is 24.3 Å². The van der Waals surface area contributed by atoms with E-state index in [2.05, 4.69) is 14.9 Å². The van der Waals surface area contributed by atoms with Gasteiger partial charge in [0.05, 0.1) is 18.9 Å². The molecule has 20 heavy (non-hydrogen) atoms. The molecule has 6 N–H and O–H groups in total. The third-order valence-corrected chi connectivity index (χ3v) is 2.97. The maximum absolute atomic E-state index is 5.68. The van der Waals surface area contributed by atoms with Crippen LogP contribution in [0, 0.1) is 0 Å². The van der Waals surface area contributed by atoms with Gasteiger partial charge in [0.15, 0.2) is 5.96 Å². The Morgan fingerprint density at radius 3 is 2.55 bits per heavy atom. The number of hydrogen-bond acceptors (Lipinski definition) is 3. The van der Waals surface area contributed by atoms with E-state index in [9.17, 15) is 0 Å². The highest BCUT2D eigenvalue weighted by molar-refractivity contribution is 5.93. The number of ether oxygens (including phenoxy) is 1. The second-order valence-corrected chi connectivity index (χ2v) is 4.52. The molecule has 1 heterocycles. The van der Waals surface area contributed by atoms with E-state index in [0.717, 1.165) is 44.1 Å². The number of nitrogens with two attached hydrogens (primary N) is 3. The van der Waals surface area contributed by atoms with E-state index in [0.29, 0.717) is 0 Å². The van der Waals surface area contributed by atoms with Crippen molar-refractivity contribution in [1.29, 1.82) is 0 Å². The number of aliphatic imine (C=N–C) groups is 2. The molecule has 0 spiro atoms. The number of morpholine rings is 1. The highest BCUT2D eigenvalue weighted by Gasteiger charge is 2.12. The zero-order chi connectivity index (χ0) is 14.4. The highest BCUT2D eigenvalue weighted by Crippen LogP contribution is 2.21. The third-order valence-electron chi connectivity index (χ3n) is 2.97. The number of nitrogens with zero attached hydrogens (tertiary/aromatic N) is 3. The zero-order valence-corrected chi connectivity index (χ0v) is 11.3. The summed E-state index contributed by atoms with van der Waals surface area (Å²) in [5, 5.41) is 0. The molecular formula is C13H20N6O. The lowest BCUT2D eigenvalue weighted by atomic mass is 10.1. The van der Waals surface area contributed by atoms with Gasteiger partial charge in [-0.05, 0) is 11.6 Å². The molecule has 0 radical (unpaired) electrons. The summed E-state index contributed by atoms with van der Waals surface area (Å²) in [7, 11) is 0. The predicted molar refractivity (Wildman–Crippen MR) is 79.6 cm³/mol. The monoisotopic (exact) mass is 276 g/mol. The van der Waals surface area contributed by atoms with Crippen molar-refractivity contribution < 1.29 is 4.74 Å². The number of guanidine groups is 2. The lowest BCUT2D eigenvalue weighted by molar-refractivity contribution is 0.0342. The summed E-state index contributed by atoms with van der Waals surface area (Å²) in [4.78, 5) is 10.3. The molecule has 0 aliphatic carbocycles. The second-order valence-electron chi connectivity index (χ2n) is 4.52. The molecule has 108 valence electrons. The van der Waals surface area contributed by atoms with Crippen LogP contribution < -0.4 is 17.2 Å². The fraction of sp³-hybridized carbons (Fsp3) is 0.385. The Hall–Kier alpha value is -2.12. The number of para-hydroxylation sites is 1. The van der Waals surface area contributed by atoms with Crippen LogP contribution in [-0.2, 0) is 11.3 Å². The molecule has 0 saturated carbocycles. The van der Waals surface area contributed by atoms with Gasteiger partial charge in [-0.1, -0.05) is 18.2 Å². The minimum absolute atomic E-state index is 0.0550. The first-order valence-corrected chi connectivity index (χ1v) is 6.47. The van der Waals surface area contributed by atoms with Crippen molar-refractivity contribution in [3.63, 3.8) is 0 Å². The number of benzene rings is 1. The molecule has 1 aromatic carbocycles. The summed E-state index contributed by atoms with van der Waals surface area (Å²) in [6.07, 6.45) is 0. The minimum atomic E-state index is -0.100. The third kappa shape index (κ3) is 4.22. The highest BCUT2D eigenvalue weighted by atomic mass is 16.5. The number of rotatable bonds is 3. The van der Waals surface area contributed by atoms with Crippen molar-refractivity contribution in [3.8, 4) is 0 Å². The van der Waals surface area contributed by atoms with E-state index in [-0.39, 0.29) is 11.9 Å². The van der Waals surface area contributed by atoms with Crippen LogP contribution in [0.4, 0.5) is 5.69 Å². The van der Waals surface area contributed by atoms with Crippen molar-refractivity contribution >= 4 is 17.6 Å². The Morgan fingerprint density at radius 1 is 1.15 bits per heavy atom. The Balaban J connectivity index is 2.15. The maximum atomic E-state index is 5.68. The first-order chi connectivity index (χ1) is 9.65. The van der Waals surface area contributed by atoms with Crippen LogP contribution in [0.25, 0.3) is 0 Å². The molecule has 1 saturated heterocycles. The van der Waals surface area contributed by atoms with Gasteiger partial charge in [-0.15, -0.1) is 0 Å². The topological polar surface area (TPSA) is 115 Å². The summed E-state index contributed by atoms with van der Waals surface area (Å²) >= 11 is 0. The molecule has 1 aliphatic heterocycles. The van der Waals surface area contributed by atoms with E-state index < -0.39 is 0 Å². The molecule has 0 amide bonds.